The molecule has 0 aliphatic heterocycles. The van der Waals surface area contributed by atoms with Gasteiger partial charge in [0.25, 0.3) is 5.56 Å². The number of benzene rings is 2. The second-order valence-corrected chi connectivity index (χ2v) is 10.8. The Hall–Kier alpha value is -4.40. The number of aromatic nitrogens is 3. The fraction of sp³-hybridized carbons (Fsp3) is 0.355. The number of hydrogen-bond donors (Lipinski definition) is 1. The van der Waals surface area contributed by atoms with Crippen molar-refractivity contribution in [3.05, 3.63) is 86.7 Å². The van der Waals surface area contributed by atoms with Crippen LogP contribution in [0.25, 0.3) is 27.9 Å². The van der Waals surface area contributed by atoms with E-state index in [1.54, 1.807) is 22.9 Å². The molecule has 0 saturated carbocycles. The number of allylic oxidation sites excluding steroid dienone is 1. The number of carbonyl (C=O) groups is 2. The summed E-state index contributed by atoms with van der Waals surface area (Å²) in [6, 6.07) is 12.6. The van der Waals surface area contributed by atoms with Crippen molar-refractivity contribution in [2.45, 2.75) is 65.6 Å². The number of nitrogens with one attached hydrogen (secondary N) is 1. The van der Waals surface area contributed by atoms with Crippen LogP contribution in [0, 0.1) is 0 Å². The number of esters is 1. The van der Waals surface area contributed by atoms with Crippen molar-refractivity contribution in [3.63, 3.8) is 0 Å². The topological polar surface area (TPSA) is 104 Å². The number of ether oxygens (including phenoxy) is 1. The van der Waals surface area contributed by atoms with Crippen molar-refractivity contribution in [1.29, 1.82) is 0 Å². The molecule has 4 aromatic rings. The molecule has 1 N–H and O–H groups in total. The second-order valence-electron chi connectivity index (χ2n) is 10.8. The molecular formula is C31H36N4O5. The molecule has 0 unspecified atom stereocenters. The lowest BCUT2D eigenvalue weighted by Gasteiger charge is -2.20. The third kappa shape index (κ3) is 6.09. The van der Waals surface area contributed by atoms with Gasteiger partial charge >= 0.3 is 17.7 Å². The Balaban J connectivity index is 1.89. The highest BCUT2D eigenvalue weighted by Crippen LogP contribution is 2.24. The van der Waals surface area contributed by atoms with Crippen LogP contribution >= 0.6 is 0 Å². The zero-order chi connectivity index (χ0) is 29.0. The Kier molecular flexibility index (Phi) is 8.42. The molecule has 40 heavy (non-hydrogen) atoms. The van der Waals surface area contributed by atoms with E-state index in [4.69, 9.17) is 4.74 Å². The van der Waals surface area contributed by atoms with E-state index < -0.39 is 22.8 Å². The van der Waals surface area contributed by atoms with E-state index in [1.165, 1.54) is 11.7 Å². The van der Waals surface area contributed by atoms with E-state index in [-0.39, 0.29) is 25.5 Å². The molecule has 0 saturated heterocycles. The molecule has 0 aliphatic rings. The number of nitrogens with zero attached hydrogens (tertiary/aromatic N) is 3. The first-order valence-electron chi connectivity index (χ1n) is 13.5. The summed E-state index contributed by atoms with van der Waals surface area (Å²) in [7, 11) is 1.27. The van der Waals surface area contributed by atoms with Crippen LogP contribution in [-0.4, -0.2) is 38.4 Å². The van der Waals surface area contributed by atoms with Gasteiger partial charge in [0.2, 0.25) is 0 Å². The summed E-state index contributed by atoms with van der Waals surface area (Å²) in [6.07, 6.45) is 7.54. The molecule has 0 spiro atoms. The van der Waals surface area contributed by atoms with Gasteiger partial charge in [-0.25, -0.2) is 9.59 Å². The molecule has 0 fully saturated rings. The van der Waals surface area contributed by atoms with Crippen LogP contribution in [0.4, 0.5) is 4.79 Å². The van der Waals surface area contributed by atoms with Gasteiger partial charge < -0.3 is 10.1 Å². The van der Waals surface area contributed by atoms with Crippen LogP contribution in [0.1, 0.15) is 58.1 Å². The molecule has 2 aromatic heterocycles. The van der Waals surface area contributed by atoms with Gasteiger partial charge in [-0.05, 0) is 56.5 Å². The highest BCUT2D eigenvalue weighted by atomic mass is 16.5. The van der Waals surface area contributed by atoms with E-state index in [0.717, 1.165) is 33.9 Å². The fourth-order valence-electron chi connectivity index (χ4n) is 4.68. The van der Waals surface area contributed by atoms with Crippen molar-refractivity contribution in [1.82, 2.24) is 19.0 Å². The van der Waals surface area contributed by atoms with Crippen LogP contribution in [0.2, 0.25) is 0 Å². The van der Waals surface area contributed by atoms with Crippen LogP contribution in [0.3, 0.4) is 0 Å². The molecule has 0 bridgehead atoms. The number of methoxy groups -OCH3 is 1. The number of fused-ring (bicyclic) bond motifs is 2. The van der Waals surface area contributed by atoms with Crippen molar-refractivity contribution in [3.8, 4) is 0 Å². The first-order valence-corrected chi connectivity index (χ1v) is 13.5. The highest BCUT2D eigenvalue weighted by Gasteiger charge is 2.21. The fourth-order valence-corrected chi connectivity index (χ4v) is 4.68. The summed E-state index contributed by atoms with van der Waals surface area (Å²) in [5, 5.41) is 4.17. The maximum absolute atomic E-state index is 13.7. The summed E-state index contributed by atoms with van der Waals surface area (Å²) in [6.45, 7) is 7.83. The zero-order valence-electron chi connectivity index (χ0n) is 23.7. The quantitative estimate of drug-likeness (QED) is 0.318. The van der Waals surface area contributed by atoms with Crippen LogP contribution < -0.4 is 16.6 Å². The zero-order valence-corrected chi connectivity index (χ0v) is 23.7. The normalized spacial score (nSPS) is 11.9. The largest absolute Gasteiger partial charge is 0.469 e. The molecule has 2 aromatic carbocycles. The van der Waals surface area contributed by atoms with Crippen molar-refractivity contribution < 1.29 is 14.3 Å². The Morgan fingerprint density at radius 2 is 1.75 bits per heavy atom. The second kappa shape index (κ2) is 11.8. The predicted octanol–water partition coefficient (Wildman–Crippen LogP) is 4.90. The minimum Gasteiger partial charge on any atom is -0.469 e. The number of carbonyl (C=O) groups excluding carboxylic acids is 2. The van der Waals surface area contributed by atoms with Crippen molar-refractivity contribution in [2.75, 3.05) is 7.11 Å². The lowest BCUT2D eigenvalue weighted by atomic mass is 10.1. The van der Waals surface area contributed by atoms with Gasteiger partial charge in [-0.2, -0.15) is 0 Å². The molecular weight excluding hydrogens is 508 g/mol. The average Bonchev–Trinajstić information content (AvgIpc) is 3.28. The number of amides is 1. The average molecular weight is 545 g/mol. The molecule has 0 radical (unpaired) electrons. The standard InChI is InChI=1S/C31H36N4O5/c1-6-7-8-11-21-14-15-26-24(18-21)28(37)33(17-16-27(36)40-5)30(39)35(26)20-22-19-34(29(38)32-31(2,3)4)25-13-10-9-12-23(22)25/h8-15,18-19H,6-7,16-17,20H2,1-5H3,(H,32,38)/b11-8+. The third-order valence-electron chi connectivity index (χ3n) is 6.61. The monoisotopic (exact) mass is 544 g/mol. The summed E-state index contributed by atoms with van der Waals surface area (Å²) < 4.78 is 8.90. The summed E-state index contributed by atoms with van der Waals surface area (Å²) in [5.41, 5.74) is 1.34. The highest BCUT2D eigenvalue weighted by molar-refractivity contribution is 5.94. The van der Waals surface area contributed by atoms with Crippen molar-refractivity contribution >= 4 is 39.9 Å². The predicted molar refractivity (Wildman–Crippen MR) is 158 cm³/mol. The number of rotatable bonds is 8. The van der Waals surface area contributed by atoms with Crippen LogP contribution in [0.5, 0.6) is 0 Å². The molecule has 0 aliphatic carbocycles. The van der Waals surface area contributed by atoms with Crippen molar-refractivity contribution in [2.24, 2.45) is 0 Å². The van der Waals surface area contributed by atoms with E-state index in [1.807, 2.05) is 63.3 Å². The van der Waals surface area contributed by atoms with Gasteiger partial charge in [-0.1, -0.05) is 49.8 Å². The van der Waals surface area contributed by atoms with E-state index >= 15 is 0 Å². The molecule has 9 heteroatoms. The van der Waals surface area contributed by atoms with E-state index in [0.29, 0.717) is 16.4 Å². The van der Waals surface area contributed by atoms with E-state index in [2.05, 4.69) is 12.2 Å². The Morgan fingerprint density at radius 1 is 1.00 bits per heavy atom. The first-order chi connectivity index (χ1) is 19.0. The van der Waals surface area contributed by atoms with Gasteiger partial charge in [0.05, 0.1) is 36.5 Å². The minimum atomic E-state index is -0.536. The molecule has 1 amide bonds. The van der Waals surface area contributed by atoms with E-state index in [9.17, 15) is 19.2 Å². The lowest BCUT2D eigenvalue weighted by Crippen LogP contribution is -2.42. The lowest BCUT2D eigenvalue weighted by molar-refractivity contribution is -0.140. The number of unbranched alkanes of at least 4 members (excludes halogenated alkanes) is 1. The first kappa shape index (κ1) is 28.6. The summed E-state index contributed by atoms with van der Waals surface area (Å²) in [4.78, 5) is 52.2. The van der Waals surface area contributed by atoms with Gasteiger partial charge in [-0.3, -0.25) is 23.3 Å². The molecule has 4 rings (SSSR count). The van der Waals surface area contributed by atoms with Crippen LogP contribution in [-0.2, 0) is 22.6 Å². The Bertz CT molecular complexity index is 1720. The summed E-state index contributed by atoms with van der Waals surface area (Å²) in [5.74, 6) is -0.512. The van der Waals surface area contributed by atoms with Crippen LogP contribution in [0.15, 0.2) is 64.3 Å². The number of hydrogen-bond acceptors (Lipinski definition) is 5. The molecule has 9 nitrogen and oxygen atoms in total. The SMILES string of the molecule is CCC/C=C/c1ccc2c(c1)c(=O)n(CCC(=O)OC)c(=O)n2Cc1cn(C(=O)NC(C)(C)C)c2ccccc12. The maximum Gasteiger partial charge on any atom is 0.331 e. The van der Waals surface area contributed by atoms with Gasteiger partial charge in [0.15, 0.2) is 0 Å². The Labute approximate surface area is 232 Å². The maximum atomic E-state index is 13.7. The minimum absolute atomic E-state index is 0.105. The smallest absolute Gasteiger partial charge is 0.331 e. The summed E-state index contributed by atoms with van der Waals surface area (Å²) >= 11 is 0. The molecule has 0 atom stereocenters. The Morgan fingerprint density at radius 3 is 2.45 bits per heavy atom. The van der Waals surface area contributed by atoms with Gasteiger partial charge in [0.1, 0.15) is 0 Å². The third-order valence-corrected chi connectivity index (χ3v) is 6.61. The van der Waals surface area contributed by atoms with Gasteiger partial charge in [-0.15, -0.1) is 0 Å². The van der Waals surface area contributed by atoms with Gasteiger partial charge in [0, 0.05) is 23.7 Å². The molecule has 2 heterocycles. The number of para-hydroxylation sites is 1. The molecule has 210 valence electrons.